The summed E-state index contributed by atoms with van der Waals surface area (Å²) in [6.07, 6.45) is -0.415. The standard InChI is InChI=1S/C22H24BrNO7/c1-2-29-19(11-12-20(26)27)21(17-5-3-4-6-18(17)30-14-13-25)31-22(28)24-16-9-7-15(23)8-10-16/h3-12,19,21,25H,2,13-14H2,1H3,(H,24,28)(H,26,27)/b12-11+/t19-,21-/m1/s1. The van der Waals surface area contributed by atoms with Gasteiger partial charge in [-0.25, -0.2) is 9.59 Å². The third kappa shape index (κ3) is 8.05. The quantitative estimate of drug-likeness (QED) is 0.402. The van der Waals surface area contributed by atoms with E-state index < -0.39 is 24.3 Å². The van der Waals surface area contributed by atoms with Gasteiger partial charge in [0.05, 0.1) is 6.61 Å². The minimum atomic E-state index is -1.16. The van der Waals surface area contributed by atoms with Crippen molar-refractivity contribution < 1.29 is 34.0 Å². The molecular weight excluding hydrogens is 470 g/mol. The van der Waals surface area contributed by atoms with Gasteiger partial charge < -0.3 is 24.4 Å². The maximum Gasteiger partial charge on any atom is 0.412 e. The van der Waals surface area contributed by atoms with Crippen LogP contribution in [-0.4, -0.2) is 48.2 Å². The Morgan fingerprint density at radius 2 is 1.87 bits per heavy atom. The van der Waals surface area contributed by atoms with E-state index in [1.807, 2.05) is 0 Å². The lowest BCUT2D eigenvalue weighted by Crippen LogP contribution is -2.28. The Morgan fingerprint density at radius 3 is 2.52 bits per heavy atom. The lowest BCUT2D eigenvalue weighted by atomic mass is 10.0. The predicted octanol–water partition coefficient (Wildman–Crippen LogP) is 4.16. The summed E-state index contributed by atoms with van der Waals surface area (Å²) in [5, 5.41) is 20.8. The van der Waals surface area contributed by atoms with E-state index in [-0.39, 0.29) is 19.8 Å². The molecule has 0 bridgehead atoms. The number of hydrogen-bond donors (Lipinski definition) is 3. The van der Waals surface area contributed by atoms with Crippen LogP contribution < -0.4 is 10.1 Å². The molecule has 2 atom stereocenters. The van der Waals surface area contributed by atoms with Crippen LogP contribution in [0.25, 0.3) is 0 Å². The Kier molecular flexibility index (Phi) is 10.0. The van der Waals surface area contributed by atoms with Crippen molar-refractivity contribution in [1.29, 1.82) is 0 Å². The minimum absolute atomic E-state index is 0.0408. The van der Waals surface area contributed by atoms with Crippen LogP contribution in [0.4, 0.5) is 10.5 Å². The van der Waals surface area contributed by atoms with Crippen LogP contribution in [0.2, 0.25) is 0 Å². The first kappa shape index (κ1) is 24.4. The number of aliphatic carboxylic acids is 1. The molecule has 0 fully saturated rings. The van der Waals surface area contributed by atoms with E-state index in [2.05, 4.69) is 21.2 Å². The van der Waals surface area contributed by atoms with E-state index >= 15 is 0 Å². The zero-order valence-electron chi connectivity index (χ0n) is 16.9. The normalized spacial score (nSPS) is 12.9. The summed E-state index contributed by atoms with van der Waals surface area (Å²) in [5.41, 5.74) is 0.987. The molecule has 2 aromatic rings. The molecule has 31 heavy (non-hydrogen) atoms. The van der Waals surface area contributed by atoms with Crippen molar-refractivity contribution in [2.45, 2.75) is 19.1 Å². The molecule has 0 aliphatic carbocycles. The van der Waals surface area contributed by atoms with Crippen LogP contribution in [0.5, 0.6) is 5.75 Å². The first-order valence-corrected chi connectivity index (χ1v) is 10.3. The maximum absolute atomic E-state index is 12.6. The Hall–Kier alpha value is -2.88. The number of anilines is 1. The van der Waals surface area contributed by atoms with Gasteiger partial charge in [-0.3, -0.25) is 5.32 Å². The van der Waals surface area contributed by atoms with E-state index in [9.17, 15) is 9.59 Å². The summed E-state index contributed by atoms with van der Waals surface area (Å²) in [5.74, 6) is -0.779. The molecule has 0 aliphatic heterocycles. The predicted molar refractivity (Wildman–Crippen MR) is 118 cm³/mol. The molecule has 2 rings (SSSR count). The molecule has 9 heteroatoms. The van der Waals surface area contributed by atoms with E-state index in [0.29, 0.717) is 17.0 Å². The fourth-order valence-electron chi connectivity index (χ4n) is 2.72. The van der Waals surface area contributed by atoms with Crippen molar-refractivity contribution in [1.82, 2.24) is 0 Å². The van der Waals surface area contributed by atoms with Crippen LogP contribution in [-0.2, 0) is 14.3 Å². The first-order valence-electron chi connectivity index (χ1n) is 9.53. The van der Waals surface area contributed by atoms with Crippen molar-refractivity contribution in [3.8, 4) is 5.75 Å². The average molecular weight is 494 g/mol. The largest absolute Gasteiger partial charge is 0.491 e. The van der Waals surface area contributed by atoms with Gasteiger partial charge in [0.2, 0.25) is 0 Å². The van der Waals surface area contributed by atoms with Crippen molar-refractivity contribution in [3.05, 3.63) is 70.7 Å². The Balaban J connectivity index is 2.35. The summed E-state index contributed by atoms with van der Waals surface area (Å²) in [4.78, 5) is 23.7. The number of amides is 1. The van der Waals surface area contributed by atoms with Gasteiger partial charge in [0.1, 0.15) is 18.5 Å². The highest BCUT2D eigenvalue weighted by Gasteiger charge is 2.29. The highest BCUT2D eigenvalue weighted by molar-refractivity contribution is 9.10. The number of hydrogen-bond acceptors (Lipinski definition) is 6. The Bertz CT molecular complexity index is 886. The van der Waals surface area contributed by atoms with Crippen LogP contribution in [0.1, 0.15) is 18.6 Å². The number of benzene rings is 2. The number of ether oxygens (including phenoxy) is 3. The van der Waals surface area contributed by atoms with Gasteiger partial charge >= 0.3 is 12.1 Å². The number of aliphatic hydroxyl groups excluding tert-OH is 1. The van der Waals surface area contributed by atoms with Crippen molar-refractivity contribution >= 4 is 33.7 Å². The zero-order chi connectivity index (χ0) is 22.6. The summed E-state index contributed by atoms with van der Waals surface area (Å²) < 4.78 is 17.8. The number of para-hydroxylation sites is 1. The molecule has 2 aromatic carbocycles. The first-order chi connectivity index (χ1) is 14.9. The molecule has 1 amide bonds. The summed E-state index contributed by atoms with van der Waals surface area (Å²) in [7, 11) is 0. The molecule has 0 unspecified atom stereocenters. The molecule has 0 radical (unpaired) electrons. The second-order valence-corrected chi connectivity index (χ2v) is 7.10. The summed E-state index contributed by atoms with van der Waals surface area (Å²) in [6.45, 7) is 1.84. The number of carbonyl (C=O) groups excluding carboxylic acids is 1. The van der Waals surface area contributed by atoms with E-state index in [1.165, 1.54) is 6.08 Å². The van der Waals surface area contributed by atoms with Gasteiger partial charge in [0, 0.05) is 28.4 Å². The number of carbonyl (C=O) groups is 2. The molecule has 8 nitrogen and oxygen atoms in total. The van der Waals surface area contributed by atoms with Crippen LogP contribution in [0, 0.1) is 0 Å². The Morgan fingerprint density at radius 1 is 1.16 bits per heavy atom. The molecule has 0 aliphatic rings. The Labute approximate surface area is 188 Å². The highest BCUT2D eigenvalue weighted by atomic mass is 79.9. The molecule has 3 N–H and O–H groups in total. The maximum atomic E-state index is 12.6. The van der Waals surface area contributed by atoms with Gasteiger partial charge in [0.25, 0.3) is 0 Å². The molecule has 0 saturated carbocycles. The van der Waals surface area contributed by atoms with Crippen molar-refractivity contribution in [2.24, 2.45) is 0 Å². The number of aliphatic hydroxyl groups is 1. The lowest BCUT2D eigenvalue weighted by Gasteiger charge is -2.26. The van der Waals surface area contributed by atoms with Crippen molar-refractivity contribution in [2.75, 3.05) is 25.1 Å². The third-order valence-electron chi connectivity index (χ3n) is 3.99. The van der Waals surface area contributed by atoms with E-state index in [4.69, 9.17) is 24.4 Å². The fourth-order valence-corrected chi connectivity index (χ4v) is 2.98. The lowest BCUT2D eigenvalue weighted by molar-refractivity contribution is -0.131. The molecule has 166 valence electrons. The number of nitrogens with one attached hydrogen (secondary N) is 1. The van der Waals surface area contributed by atoms with Gasteiger partial charge in [-0.15, -0.1) is 0 Å². The minimum Gasteiger partial charge on any atom is -0.491 e. The second kappa shape index (κ2) is 12.7. The zero-order valence-corrected chi connectivity index (χ0v) is 18.4. The van der Waals surface area contributed by atoms with Crippen LogP contribution in [0.15, 0.2) is 65.2 Å². The molecular formula is C22H24BrNO7. The van der Waals surface area contributed by atoms with E-state index in [1.54, 1.807) is 55.5 Å². The number of halogens is 1. The smallest absolute Gasteiger partial charge is 0.412 e. The number of carboxylic acids is 1. The topological polar surface area (TPSA) is 114 Å². The van der Waals surface area contributed by atoms with Gasteiger partial charge in [-0.05, 0) is 43.3 Å². The highest BCUT2D eigenvalue weighted by Crippen LogP contribution is 2.33. The molecule has 0 spiro atoms. The van der Waals surface area contributed by atoms with Crippen molar-refractivity contribution in [3.63, 3.8) is 0 Å². The monoisotopic (exact) mass is 493 g/mol. The molecule has 0 aromatic heterocycles. The third-order valence-corrected chi connectivity index (χ3v) is 4.51. The molecule has 0 heterocycles. The number of carboxylic acid groups (broad SMARTS) is 1. The van der Waals surface area contributed by atoms with Gasteiger partial charge in [-0.1, -0.05) is 34.1 Å². The summed E-state index contributed by atoms with van der Waals surface area (Å²) in [6, 6.07) is 13.7. The van der Waals surface area contributed by atoms with Crippen LogP contribution >= 0.6 is 15.9 Å². The van der Waals surface area contributed by atoms with E-state index in [0.717, 1.165) is 10.5 Å². The average Bonchev–Trinajstić information content (AvgIpc) is 2.75. The summed E-state index contributed by atoms with van der Waals surface area (Å²) >= 11 is 3.33. The van der Waals surface area contributed by atoms with Crippen LogP contribution in [0.3, 0.4) is 0 Å². The SMILES string of the molecule is CCO[C@H](/C=C/C(=O)O)[C@H](OC(=O)Nc1ccc(Br)cc1)c1ccccc1OCCO. The van der Waals surface area contributed by atoms with Gasteiger partial charge in [0.15, 0.2) is 6.10 Å². The number of rotatable bonds is 11. The van der Waals surface area contributed by atoms with Gasteiger partial charge in [-0.2, -0.15) is 0 Å². The fraction of sp³-hybridized carbons (Fsp3) is 0.273. The molecule has 0 saturated heterocycles. The second-order valence-electron chi connectivity index (χ2n) is 6.19.